The van der Waals surface area contributed by atoms with E-state index >= 15 is 0 Å². The second kappa shape index (κ2) is 6.40. The molecule has 0 saturated carbocycles. The van der Waals surface area contributed by atoms with Gasteiger partial charge in [0.05, 0.1) is 16.1 Å². The summed E-state index contributed by atoms with van der Waals surface area (Å²) in [6, 6.07) is 6.82. The first-order valence-corrected chi connectivity index (χ1v) is 6.96. The molecule has 0 bridgehead atoms. The second-order valence-corrected chi connectivity index (χ2v) is 4.97. The quantitative estimate of drug-likeness (QED) is 0.651. The fraction of sp³-hybridized carbons (Fsp3) is 0.308. The fourth-order valence-corrected chi connectivity index (χ4v) is 2.37. The molecule has 1 N–H and O–H groups in total. The molecule has 0 aliphatic carbocycles. The average Bonchev–Trinajstić information content (AvgIpc) is 2.92. The number of nitro groups is 1. The van der Waals surface area contributed by atoms with Crippen LogP contribution in [0.15, 0.2) is 35.2 Å². The Morgan fingerprint density at radius 3 is 2.74 bits per heavy atom. The molecule has 2 aromatic rings. The first-order valence-electron chi connectivity index (χ1n) is 6.01. The normalized spacial score (nSPS) is 12.3. The Morgan fingerprint density at radius 2 is 2.16 bits per heavy atom. The minimum Gasteiger partial charge on any atom is -0.310 e. The maximum Gasteiger partial charge on any atom is 0.269 e. The lowest BCUT2D eigenvalue weighted by molar-refractivity contribution is -0.384. The van der Waals surface area contributed by atoms with Crippen molar-refractivity contribution >= 4 is 17.0 Å². The summed E-state index contributed by atoms with van der Waals surface area (Å²) >= 11 is 1.60. The molecule has 5 nitrogen and oxygen atoms in total. The number of benzene rings is 1. The zero-order valence-corrected chi connectivity index (χ0v) is 11.4. The highest BCUT2D eigenvalue weighted by atomic mass is 32.1. The third-order valence-corrected chi connectivity index (χ3v) is 3.55. The largest absolute Gasteiger partial charge is 0.310 e. The number of rotatable bonds is 6. The van der Waals surface area contributed by atoms with Gasteiger partial charge in [-0.25, -0.2) is 4.98 Å². The van der Waals surface area contributed by atoms with Gasteiger partial charge in [0.25, 0.3) is 5.69 Å². The van der Waals surface area contributed by atoms with Crippen LogP contribution in [0, 0.1) is 10.1 Å². The minimum absolute atomic E-state index is 0.124. The third kappa shape index (κ3) is 3.84. The van der Waals surface area contributed by atoms with Crippen molar-refractivity contribution in [2.45, 2.75) is 19.4 Å². The van der Waals surface area contributed by atoms with Crippen LogP contribution in [-0.4, -0.2) is 16.5 Å². The number of non-ortho nitro benzene ring substituents is 1. The van der Waals surface area contributed by atoms with Crippen molar-refractivity contribution < 1.29 is 4.92 Å². The van der Waals surface area contributed by atoms with Crippen molar-refractivity contribution in [2.24, 2.45) is 0 Å². The summed E-state index contributed by atoms with van der Waals surface area (Å²) in [5.41, 5.74) is 4.09. The predicted octanol–water partition coefficient (Wildman–Crippen LogP) is 2.94. The number of nitrogens with zero attached hydrogens (tertiary/aromatic N) is 2. The van der Waals surface area contributed by atoms with E-state index in [4.69, 9.17) is 0 Å². The summed E-state index contributed by atoms with van der Waals surface area (Å²) in [6.07, 6.45) is 0.890. The Bertz CT molecular complexity index is 525. The number of nitro benzene ring substituents is 1. The zero-order valence-electron chi connectivity index (χ0n) is 10.6. The molecule has 19 heavy (non-hydrogen) atoms. The highest BCUT2D eigenvalue weighted by Crippen LogP contribution is 2.17. The molecule has 1 aromatic carbocycles. The zero-order chi connectivity index (χ0) is 13.7. The van der Waals surface area contributed by atoms with Crippen LogP contribution in [0.5, 0.6) is 0 Å². The molecular weight excluding hydrogens is 262 g/mol. The van der Waals surface area contributed by atoms with Crippen molar-refractivity contribution in [1.29, 1.82) is 0 Å². The summed E-state index contributed by atoms with van der Waals surface area (Å²) in [5.74, 6) is 0. The second-order valence-electron chi connectivity index (χ2n) is 4.25. The van der Waals surface area contributed by atoms with Gasteiger partial charge in [-0.15, -0.1) is 11.3 Å². The van der Waals surface area contributed by atoms with Crippen molar-refractivity contribution in [2.75, 3.05) is 6.54 Å². The molecule has 0 aliphatic rings. The van der Waals surface area contributed by atoms with E-state index in [0.717, 1.165) is 24.2 Å². The van der Waals surface area contributed by atoms with Crippen molar-refractivity contribution in [3.63, 3.8) is 0 Å². The number of hydrogen-bond donors (Lipinski definition) is 1. The smallest absolute Gasteiger partial charge is 0.269 e. The van der Waals surface area contributed by atoms with Gasteiger partial charge < -0.3 is 5.32 Å². The maximum atomic E-state index is 10.6. The van der Waals surface area contributed by atoms with Crippen molar-refractivity contribution in [3.05, 3.63) is 56.5 Å². The number of thiazole rings is 1. The van der Waals surface area contributed by atoms with Crippen LogP contribution in [0.25, 0.3) is 0 Å². The van der Waals surface area contributed by atoms with Gasteiger partial charge in [0.1, 0.15) is 0 Å². The molecule has 100 valence electrons. The SMILES string of the molecule is CC(NCCc1cscn1)c1ccc([N+](=O)[O-])cc1. The molecule has 1 aromatic heterocycles. The van der Waals surface area contributed by atoms with Gasteiger partial charge in [-0.05, 0) is 12.5 Å². The Balaban J connectivity index is 1.85. The lowest BCUT2D eigenvalue weighted by Crippen LogP contribution is -2.21. The summed E-state index contributed by atoms with van der Waals surface area (Å²) in [7, 11) is 0. The molecule has 0 radical (unpaired) electrons. The summed E-state index contributed by atoms with van der Waals surface area (Å²) < 4.78 is 0. The van der Waals surface area contributed by atoms with Gasteiger partial charge in [-0.1, -0.05) is 12.1 Å². The minimum atomic E-state index is -0.385. The van der Waals surface area contributed by atoms with Crippen LogP contribution >= 0.6 is 11.3 Å². The number of hydrogen-bond acceptors (Lipinski definition) is 5. The summed E-state index contributed by atoms with van der Waals surface area (Å²) in [4.78, 5) is 14.4. The molecule has 0 amide bonds. The van der Waals surface area contributed by atoms with Crippen LogP contribution < -0.4 is 5.32 Å². The third-order valence-electron chi connectivity index (χ3n) is 2.92. The lowest BCUT2D eigenvalue weighted by Gasteiger charge is -2.13. The molecule has 1 heterocycles. The van der Waals surface area contributed by atoms with Gasteiger partial charge in [0.2, 0.25) is 0 Å². The Labute approximate surface area is 115 Å². The lowest BCUT2D eigenvalue weighted by atomic mass is 10.1. The van der Waals surface area contributed by atoms with Crippen LogP contribution in [0.1, 0.15) is 24.2 Å². The number of aromatic nitrogens is 1. The van der Waals surface area contributed by atoms with Crippen molar-refractivity contribution in [3.8, 4) is 0 Å². The molecule has 0 aliphatic heterocycles. The highest BCUT2D eigenvalue weighted by Gasteiger charge is 2.08. The molecule has 2 rings (SSSR count). The Kier molecular flexibility index (Phi) is 4.59. The van der Waals surface area contributed by atoms with Gasteiger partial charge in [0.15, 0.2) is 0 Å². The van der Waals surface area contributed by atoms with Gasteiger partial charge in [-0.2, -0.15) is 0 Å². The van der Waals surface area contributed by atoms with E-state index in [9.17, 15) is 10.1 Å². The van der Waals surface area contributed by atoms with Gasteiger partial charge in [0, 0.05) is 36.5 Å². The number of nitrogens with one attached hydrogen (secondary N) is 1. The molecule has 0 saturated heterocycles. The van der Waals surface area contributed by atoms with Gasteiger partial charge >= 0.3 is 0 Å². The van der Waals surface area contributed by atoms with E-state index in [1.807, 2.05) is 17.8 Å². The van der Waals surface area contributed by atoms with Crippen LogP contribution in [0.3, 0.4) is 0 Å². The summed E-state index contributed by atoms with van der Waals surface area (Å²) in [5, 5.41) is 16.0. The molecule has 0 fully saturated rings. The predicted molar refractivity (Wildman–Crippen MR) is 75.3 cm³/mol. The van der Waals surface area contributed by atoms with E-state index in [1.165, 1.54) is 12.1 Å². The molecular formula is C13H15N3O2S. The van der Waals surface area contributed by atoms with Gasteiger partial charge in [-0.3, -0.25) is 10.1 Å². The van der Waals surface area contributed by atoms with E-state index in [2.05, 4.69) is 10.3 Å². The van der Waals surface area contributed by atoms with E-state index in [-0.39, 0.29) is 16.7 Å². The average molecular weight is 277 g/mol. The first kappa shape index (κ1) is 13.6. The molecule has 1 unspecified atom stereocenters. The van der Waals surface area contributed by atoms with Crippen molar-refractivity contribution in [1.82, 2.24) is 10.3 Å². The first-order chi connectivity index (χ1) is 9.16. The Morgan fingerprint density at radius 1 is 1.42 bits per heavy atom. The molecule has 6 heteroatoms. The molecule has 1 atom stereocenters. The van der Waals surface area contributed by atoms with E-state index < -0.39 is 0 Å². The van der Waals surface area contributed by atoms with E-state index in [1.54, 1.807) is 23.5 Å². The standard InChI is InChI=1S/C13H15N3O2S/c1-10(14-7-6-12-8-19-9-15-12)11-2-4-13(5-3-11)16(17)18/h2-5,8-10,14H,6-7H2,1H3. The molecule has 0 spiro atoms. The monoisotopic (exact) mass is 277 g/mol. The summed E-state index contributed by atoms with van der Waals surface area (Å²) in [6.45, 7) is 2.88. The highest BCUT2D eigenvalue weighted by molar-refractivity contribution is 7.07. The Hall–Kier alpha value is -1.79. The fourth-order valence-electron chi connectivity index (χ4n) is 1.78. The van der Waals surface area contributed by atoms with Crippen LogP contribution in [0.2, 0.25) is 0 Å². The maximum absolute atomic E-state index is 10.6. The van der Waals surface area contributed by atoms with E-state index in [0.29, 0.717) is 0 Å². The van der Waals surface area contributed by atoms with Crippen LogP contribution in [0.4, 0.5) is 5.69 Å². The van der Waals surface area contributed by atoms with Crippen LogP contribution in [-0.2, 0) is 6.42 Å². The topological polar surface area (TPSA) is 68.1 Å².